The molecule has 1 heterocycles. The second-order valence-corrected chi connectivity index (χ2v) is 7.08. The van der Waals surface area contributed by atoms with Gasteiger partial charge in [0, 0.05) is 10.9 Å². The van der Waals surface area contributed by atoms with Gasteiger partial charge in [-0.05, 0) is 49.2 Å². The molecular weight excluding hydrogens is 378 g/mol. The molecule has 30 heavy (non-hydrogen) atoms. The fraction of sp³-hybridized carbons (Fsp3) is 0.120. The van der Waals surface area contributed by atoms with E-state index < -0.39 is 0 Å². The molecule has 5 nitrogen and oxygen atoms in total. The summed E-state index contributed by atoms with van der Waals surface area (Å²) < 4.78 is 11.4. The highest BCUT2D eigenvalue weighted by atomic mass is 16.5. The highest BCUT2D eigenvalue weighted by Crippen LogP contribution is 2.32. The molecule has 0 saturated heterocycles. The second-order valence-electron chi connectivity index (χ2n) is 7.08. The van der Waals surface area contributed by atoms with Crippen LogP contribution in [0.5, 0.6) is 5.75 Å². The third-order valence-corrected chi connectivity index (χ3v) is 4.95. The van der Waals surface area contributed by atoms with E-state index in [1.165, 1.54) is 0 Å². The summed E-state index contributed by atoms with van der Waals surface area (Å²) in [6.45, 7) is 3.82. The Labute approximate surface area is 174 Å². The van der Waals surface area contributed by atoms with Gasteiger partial charge in [-0.2, -0.15) is 0 Å². The van der Waals surface area contributed by atoms with Crippen LogP contribution < -0.4 is 10.1 Å². The van der Waals surface area contributed by atoms with Gasteiger partial charge < -0.3 is 14.5 Å². The van der Waals surface area contributed by atoms with Crippen LogP contribution in [0.3, 0.4) is 0 Å². The van der Waals surface area contributed by atoms with E-state index in [9.17, 15) is 9.59 Å². The molecule has 3 aromatic carbocycles. The summed E-state index contributed by atoms with van der Waals surface area (Å²) in [4.78, 5) is 25.6. The highest BCUT2D eigenvalue weighted by molar-refractivity contribution is 6.17. The van der Waals surface area contributed by atoms with Gasteiger partial charge in [0.2, 0.25) is 5.78 Å². The van der Waals surface area contributed by atoms with Crippen molar-refractivity contribution in [2.75, 3.05) is 11.9 Å². The van der Waals surface area contributed by atoms with Gasteiger partial charge in [0.25, 0.3) is 5.91 Å². The monoisotopic (exact) mass is 399 g/mol. The average Bonchev–Trinajstić information content (AvgIpc) is 3.13. The van der Waals surface area contributed by atoms with E-state index in [0.29, 0.717) is 28.0 Å². The molecule has 1 N–H and O–H groups in total. The van der Waals surface area contributed by atoms with Crippen molar-refractivity contribution in [3.05, 3.63) is 95.2 Å². The van der Waals surface area contributed by atoms with Crippen LogP contribution in [-0.2, 0) is 4.79 Å². The topological polar surface area (TPSA) is 68.5 Å². The number of hydrogen-bond acceptors (Lipinski definition) is 4. The number of ketones is 1. The second kappa shape index (κ2) is 8.25. The molecule has 0 fully saturated rings. The Balaban J connectivity index is 1.59. The van der Waals surface area contributed by atoms with Crippen LogP contribution in [0.1, 0.15) is 27.2 Å². The number of benzene rings is 3. The third-order valence-electron chi connectivity index (χ3n) is 4.95. The van der Waals surface area contributed by atoms with E-state index in [1.54, 1.807) is 36.4 Å². The molecule has 4 rings (SSSR count). The summed E-state index contributed by atoms with van der Waals surface area (Å²) in [6.07, 6.45) is 0. The Hall–Kier alpha value is -3.86. The Bertz CT molecular complexity index is 1220. The predicted octanol–water partition coefficient (Wildman–Crippen LogP) is 5.30. The average molecular weight is 399 g/mol. The van der Waals surface area contributed by atoms with Gasteiger partial charge in [0.05, 0.1) is 5.69 Å². The van der Waals surface area contributed by atoms with E-state index in [2.05, 4.69) is 5.32 Å². The summed E-state index contributed by atoms with van der Waals surface area (Å²) in [6, 6.07) is 21.7. The molecule has 0 radical (unpaired) electrons. The maximum Gasteiger partial charge on any atom is 0.262 e. The Morgan fingerprint density at radius 3 is 2.40 bits per heavy atom. The molecule has 0 bridgehead atoms. The van der Waals surface area contributed by atoms with Crippen LogP contribution in [0, 0.1) is 13.8 Å². The molecule has 150 valence electrons. The van der Waals surface area contributed by atoms with Crippen molar-refractivity contribution in [1.82, 2.24) is 0 Å². The SMILES string of the molecule is Cc1ccc(OCC(=O)Nc2c(C(=O)c3ccccc3)oc3ccccc23)cc1C. The van der Waals surface area contributed by atoms with E-state index in [4.69, 9.17) is 9.15 Å². The van der Waals surface area contributed by atoms with Crippen molar-refractivity contribution in [3.63, 3.8) is 0 Å². The minimum Gasteiger partial charge on any atom is -0.484 e. The smallest absolute Gasteiger partial charge is 0.262 e. The van der Waals surface area contributed by atoms with Crippen molar-refractivity contribution in [2.24, 2.45) is 0 Å². The number of amides is 1. The Kier molecular flexibility index (Phi) is 5.35. The number of para-hydroxylation sites is 1. The van der Waals surface area contributed by atoms with Gasteiger partial charge in [-0.3, -0.25) is 9.59 Å². The zero-order valence-electron chi connectivity index (χ0n) is 16.8. The lowest BCUT2D eigenvalue weighted by molar-refractivity contribution is -0.118. The van der Waals surface area contributed by atoms with E-state index in [0.717, 1.165) is 11.1 Å². The normalized spacial score (nSPS) is 10.7. The number of anilines is 1. The van der Waals surface area contributed by atoms with E-state index >= 15 is 0 Å². The largest absolute Gasteiger partial charge is 0.484 e. The molecule has 0 unspecified atom stereocenters. The van der Waals surface area contributed by atoms with E-state index in [-0.39, 0.29) is 24.1 Å². The number of carbonyl (C=O) groups is 2. The van der Waals surface area contributed by atoms with Gasteiger partial charge >= 0.3 is 0 Å². The number of ether oxygens (including phenoxy) is 1. The first-order valence-electron chi connectivity index (χ1n) is 9.64. The number of fused-ring (bicyclic) bond motifs is 1. The molecular formula is C25H21NO4. The quantitative estimate of drug-likeness (QED) is 0.447. The molecule has 0 aliphatic heterocycles. The lowest BCUT2D eigenvalue weighted by Crippen LogP contribution is -2.21. The number of furan rings is 1. The maximum atomic E-state index is 13.0. The lowest BCUT2D eigenvalue weighted by Gasteiger charge is -2.09. The molecule has 0 atom stereocenters. The van der Waals surface area contributed by atoms with Gasteiger partial charge in [0.1, 0.15) is 11.3 Å². The number of rotatable bonds is 6. The predicted molar refractivity (Wildman–Crippen MR) is 116 cm³/mol. The van der Waals surface area contributed by atoms with Crippen LogP contribution in [0.25, 0.3) is 11.0 Å². The number of carbonyl (C=O) groups excluding carboxylic acids is 2. The molecule has 5 heteroatoms. The third kappa shape index (κ3) is 3.96. The fourth-order valence-corrected chi connectivity index (χ4v) is 3.18. The summed E-state index contributed by atoms with van der Waals surface area (Å²) in [7, 11) is 0. The van der Waals surface area contributed by atoms with Crippen LogP contribution in [0.2, 0.25) is 0 Å². The first kappa shape index (κ1) is 19.5. The lowest BCUT2D eigenvalue weighted by atomic mass is 10.1. The van der Waals surface area contributed by atoms with Gasteiger partial charge in [-0.25, -0.2) is 0 Å². The van der Waals surface area contributed by atoms with Gasteiger partial charge in [-0.15, -0.1) is 0 Å². The molecule has 0 saturated carbocycles. The summed E-state index contributed by atoms with van der Waals surface area (Å²) >= 11 is 0. The number of hydrogen-bond donors (Lipinski definition) is 1. The summed E-state index contributed by atoms with van der Waals surface area (Å²) in [5.74, 6) is 0.0480. The Morgan fingerprint density at radius 2 is 1.63 bits per heavy atom. The minimum absolute atomic E-state index is 0.0990. The zero-order chi connectivity index (χ0) is 21.1. The van der Waals surface area contributed by atoms with Gasteiger partial charge in [-0.1, -0.05) is 48.5 Å². The molecule has 0 spiro atoms. The summed E-state index contributed by atoms with van der Waals surface area (Å²) in [5, 5.41) is 3.47. The van der Waals surface area contributed by atoms with Crippen molar-refractivity contribution in [2.45, 2.75) is 13.8 Å². The van der Waals surface area contributed by atoms with Crippen LogP contribution >= 0.6 is 0 Å². The highest BCUT2D eigenvalue weighted by Gasteiger charge is 2.23. The molecule has 0 aliphatic carbocycles. The molecule has 1 amide bonds. The van der Waals surface area contributed by atoms with Crippen LogP contribution in [0.4, 0.5) is 5.69 Å². The first-order valence-corrected chi connectivity index (χ1v) is 9.64. The zero-order valence-corrected chi connectivity index (χ0v) is 16.8. The molecule has 4 aromatic rings. The van der Waals surface area contributed by atoms with Crippen molar-refractivity contribution >= 4 is 28.3 Å². The van der Waals surface area contributed by atoms with Crippen LogP contribution in [-0.4, -0.2) is 18.3 Å². The molecule has 0 aliphatic rings. The number of nitrogens with one attached hydrogen (secondary N) is 1. The van der Waals surface area contributed by atoms with Crippen molar-refractivity contribution in [1.29, 1.82) is 0 Å². The van der Waals surface area contributed by atoms with Gasteiger partial charge in [0.15, 0.2) is 12.4 Å². The standard InChI is InChI=1S/C25H21NO4/c1-16-12-13-19(14-17(16)2)29-15-22(27)26-23-20-10-6-7-11-21(20)30-25(23)24(28)18-8-4-3-5-9-18/h3-14H,15H2,1-2H3,(H,26,27). The minimum atomic E-state index is -0.373. The van der Waals surface area contributed by atoms with Crippen molar-refractivity contribution in [3.8, 4) is 5.75 Å². The summed E-state index contributed by atoms with van der Waals surface area (Å²) in [5.41, 5.74) is 3.61. The first-order chi connectivity index (χ1) is 14.5. The molecule has 1 aromatic heterocycles. The fourth-order valence-electron chi connectivity index (χ4n) is 3.18. The van der Waals surface area contributed by atoms with Crippen molar-refractivity contribution < 1.29 is 18.7 Å². The number of aryl methyl sites for hydroxylation is 2. The van der Waals surface area contributed by atoms with E-state index in [1.807, 2.05) is 50.2 Å². The Morgan fingerprint density at radius 1 is 0.900 bits per heavy atom. The van der Waals surface area contributed by atoms with Crippen LogP contribution in [0.15, 0.2) is 77.2 Å². The maximum absolute atomic E-state index is 13.0.